The molecule has 1 aliphatic heterocycles. The van der Waals surface area contributed by atoms with Gasteiger partial charge in [0.1, 0.15) is 0 Å². The van der Waals surface area contributed by atoms with E-state index in [9.17, 15) is 0 Å². The van der Waals surface area contributed by atoms with Gasteiger partial charge in [-0.05, 0) is 60.7 Å². The molecular formula is C24H17ClN4. The second-order valence-corrected chi connectivity index (χ2v) is 7.23. The Bertz CT molecular complexity index is 1340. The molecule has 0 radical (unpaired) electrons. The molecule has 0 amide bonds. The predicted molar refractivity (Wildman–Crippen MR) is 118 cm³/mol. The van der Waals surface area contributed by atoms with Gasteiger partial charge in [-0.15, -0.1) is 0 Å². The Morgan fingerprint density at radius 1 is 0.828 bits per heavy atom. The molecule has 1 aliphatic carbocycles. The topological polar surface area (TPSA) is 53.7 Å². The Labute approximate surface area is 172 Å². The highest BCUT2D eigenvalue weighted by Crippen LogP contribution is 2.30. The summed E-state index contributed by atoms with van der Waals surface area (Å²) in [5, 5.41) is 13.0. The summed E-state index contributed by atoms with van der Waals surface area (Å²) in [5.41, 5.74) is 6.17. The lowest BCUT2D eigenvalue weighted by Gasteiger charge is -2.20. The lowest BCUT2D eigenvalue weighted by atomic mass is 10.1. The van der Waals surface area contributed by atoms with E-state index in [2.05, 4.69) is 9.88 Å². The molecule has 0 unspecified atom stereocenters. The van der Waals surface area contributed by atoms with Crippen molar-refractivity contribution < 1.29 is 0 Å². The summed E-state index contributed by atoms with van der Waals surface area (Å²) < 4.78 is 2.12. The van der Waals surface area contributed by atoms with Crippen LogP contribution in [0.15, 0.2) is 91.0 Å². The fourth-order valence-corrected chi connectivity index (χ4v) is 3.63. The van der Waals surface area contributed by atoms with E-state index < -0.39 is 0 Å². The number of rotatable bonds is 3. The number of hydrogen-bond donors (Lipinski definition) is 2. The van der Waals surface area contributed by atoms with E-state index in [-0.39, 0.29) is 0 Å². The van der Waals surface area contributed by atoms with Crippen molar-refractivity contribution in [2.75, 3.05) is 5.32 Å². The van der Waals surface area contributed by atoms with E-state index in [1.807, 2.05) is 91.0 Å². The van der Waals surface area contributed by atoms with Gasteiger partial charge < -0.3 is 9.88 Å². The van der Waals surface area contributed by atoms with Crippen LogP contribution >= 0.6 is 11.6 Å². The van der Waals surface area contributed by atoms with E-state index in [0.29, 0.717) is 16.1 Å². The normalized spacial score (nSPS) is 11.1. The Kier molecular flexibility index (Phi) is 4.26. The van der Waals surface area contributed by atoms with Gasteiger partial charge in [-0.2, -0.15) is 0 Å². The summed E-state index contributed by atoms with van der Waals surface area (Å²) in [4.78, 5) is 4.85. The predicted octanol–water partition coefficient (Wildman–Crippen LogP) is 6.01. The lowest BCUT2D eigenvalue weighted by molar-refractivity contribution is 1.07. The zero-order chi connectivity index (χ0) is 19.8. The smallest absolute Gasteiger partial charge is 0.0900 e. The third-order valence-corrected chi connectivity index (χ3v) is 5.11. The number of hydrogen-bond acceptors (Lipinski definition) is 3. The van der Waals surface area contributed by atoms with Gasteiger partial charge in [-0.1, -0.05) is 41.9 Å². The van der Waals surface area contributed by atoms with E-state index >= 15 is 0 Å². The minimum Gasteiger partial charge on any atom is -0.354 e. The van der Waals surface area contributed by atoms with Crippen molar-refractivity contribution in [1.29, 1.82) is 5.41 Å². The molecule has 0 saturated heterocycles. The summed E-state index contributed by atoms with van der Waals surface area (Å²) >= 11 is 6.10. The van der Waals surface area contributed by atoms with Crippen LogP contribution in [0.5, 0.6) is 0 Å². The average Bonchev–Trinajstić information content (AvgIpc) is 2.74. The van der Waals surface area contributed by atoms with Crippen LogP contribution in [0.2, 0.25) is 5.02 Å². The van der Waals surface area contributed by atoms with Gasteiger partial charge in [-0.3, -0.25) is 5.41 Å². The van der Waals surface area contributed by atoms with E-state index in [1.165, 1.54) is 0 Å². The van der Waals surface area contributed by atoms with Crippen LogP contribution < -0.4 is 10.7 Å². The summed E-state index contributed by atoms with van der Waals surface area (Å²) in [5.74, 6) is 0. The largest absolute Gasteiger partial charge is 0.354 e. The van der Waals surface area contributed by atoms with Gasteiger partial charge in [-0.25, -0.2) is 4.98 Å². The molecule has 2 N–H and O–H groups in total. The maximum absolute atomic E-state index is 8.58. The number of benzene rings is 4. The maximum atomic E-state index is 8.58. The molecule has 0 atom stereocenters. The maximum Gasteiger partial charge on any atom is 0.0900 e. The van der Waals surface area contributed by atoms with Crippen LogP contribution in [-0.4, -0.2) is 9.55 Å². The summed E-state index contributed by atoms with van der Waals surface area (Å²) in [6, 6.07) is 29.4. The molecule has 5 heteroatoms. The Balaban J connectivity index is 1.77. The van der Waals surface area contributed by atoms with Crippen LogP contribution in [0.1, 0.15) is 0 Å². The number of nitrogens with one attached hydrogen (secondary N) is 2. The number of para-hydroxylation sites is 3. The molecule has 0 saturated carbocycles. The van der Waals surface area contributed by atoms with Gasteiger partial charge in [0.2, 0.25) is 0 Å². The number of anilines is 2. The van der Waals surface area contributed by atoms with Crippen molar-refractivity contribution in [3.05, 3.63) is 101 Å². The first-order chi connectivity index (χ1) is 14.2. The van der Waals surface area contributed by atoms with Crippen molar-refractivity contribution in [2.45, 2.75) is 0 Å². The van der Waals surface area contributed by atoms with Gasteiger partial charge in [0.15, 0.2) is 0 Å². The van der Waals surface area contributed by atoms with E-state index in [0.717, 1.165) is 33.8 Å². The Morgan fingerprint density at radius 2 is 1.55 bits per heavy atom. The zero-order valence-corrected chi connectivity index (χ0v) is 16.2. The average molecular weight is 397 g/mol. The SMILES string of the molecule is N=c1cc2n(-c3ccc(Cl)cc3)c3ccccc3nc-2cc1Nc1ccccc1. The number of aromatic nitrogens is 2. The first-order valence-corrected chi connectivity index (χ1v) is 9.65. The fraction of sp³-hybridized carbons (Fsp3) is 0. The number of halogens is 1. The molecule has 0 bridgehead atoms. The van der Waals surface area contributed by atoms with Gasteiger partial charge in [0.05, 0.1) is 33.5 Å². The van der Waals surface area contributed by atoms with Crippen LogP contribution in [0.3, 0.4) is 0 Å². The molecule has 140 valence electrons. The van der Waals surface area contributed by atoms with Crippen LogP contribution in [0, 0.1) is 5.41 Å². The lowest BCUT2D eigenvalue weighted by Crippen LogP contribution is -2.13. The minimum atomic E-state index is 0.404. The second-order valence-electron chi connectivity index (χ2n) is 6.79. The summed E-state index contributed by atoms with van der Waals surface area (Å²) in [6.07, 6.45) is 0. The fourth-order valence-electron chi connectivity index (χ4n) is 3.50. The highest BCUT2D eigenvalue weighted by atomic mass is 35.5. The standard InChI is InChI=1S/C24H17ClN4/c25-16-10-12-18(13-11-16)29-23-9-5-4-8-20(23)28-22-15-21(19(26)14-24(22)29)27-17-6-2-1-3-7-17/h1-15,26-27H. The highest BCUT2D eigenvalue weighted by molar-refractivity contribution is 6.30. The molecule has 29 heavy (non-hydrogen) atoms. The molecule has 3 aromatic rings. The Hall–Kier alpha value is -3.63. The van der Waals surface area contributed by atoms with Crippen molar-refractivity contribution in [2.24, 2.45) is 0 Å². The monoisotopic (exact) mass is 396 g/mol. The second kappa shape index (κ2) is 7.08. The van der Waals surface area contributed by atoms with Crippen molar-refractivity contribution in [1.82, 2.24) is 9.55 Å². The zero-order valence-electron chi connectivity index (χ0n) is 15.4. The van der Waals surface area contributed by atoms with Crippen molar-refractivity contribution >= 4 is 34.0 Å². The summed E-state index contributed by atoms with van der Waals surface area (Å²) in [7, 11) is 0. The van der Waals surface area contributed by atoms with Crippen LogP contribution in [-0.2, 0) is 0 Å². The summed E-state index contributed by atoms with van der Waals surface area (Å²) in [6.45, 7) is 0. The molecule has 1 heterocycles. The quantitative estimate of drug-likeness (QED) is 0.367. The molecule has 0 aromatic heterocycles. The third kappa shape index (κ3) is 3.24. The van der Waals surface area contributed by atoms with Gasteiger partial charge >= 0.3 is 0 Å². The molecule has 4 nitrogen and oxygen atoms in total. The van der Waals surface area contributed by atoms with Crippen molar-refractivity contribution in [3.63, 3.8) is 0 Å². The first-order valence-electron chi connectivity index (χ1n) is 9.27. The van der Waals surface area contributed by atoms with Crippen molar-refractivity contribution in [3.8, 4) is 17.1 Å². The molecule has 0 spiro atoms. The molecular weight excluding hydrogens is 380 g/mol. The van der Waals surface area contributed by atoms with Gasteiger partial charge in [0.25, 0.3) is 0 Å². The molecule has 3 aromatic carbocycles. The van der Waals surface area contributed by atoms with E-state index in [4.69, 9.17) is 22.0 Å². The molecule has 2 aliphatic rings. The molecule has 0 fully saturated rings. The number of fused-ring (bicyclic) bond motifs is 2. The van der Waals surface area contributed by atoms with E-state index in [1.54, 1.807) is 0 Å². The Morgan fingerprint density at radius 3 is 2.34 bits per heavy atom. The number of nitrogens with zero attached hydrogens (tertiary/aromatic N) is 2. The molecule has 5 rings (SSSR count). The highest BCUT2D eigenvalue weighted by Gasteiger charge is 2.16. The third-order valence-electron chi connectivity index (χ3n) is 4.86. The first kappa shape index (κ1) is 17.5. The van der Waals surface area contributed by atoms with Crippen LogP contribution in [0.25, 0.3) is 28.1 Å². The van der Waals surface area contributed by atoms with Crippen LogP contribution in [0.4, 0.5) is 11.4 Å². The van der Waals surface area contributed by atoms with Gasteiger partial charge in [0, 0.05) is 16.4 Å². The minimum absolute atomic E-state index is 0.404.